The fraction of sp³-hybridized carbons (Fsp3) is 0.350. The minimum Gasteiger partial charge on any atom is -0.497 e. The lowest BCUT2D eigenvalue weighted by Gasteiger charge is -2.33. The molecule has 2 aromatic carbocycles. The molecule has 3 rings (SSSR count). The first-order chi connectivity index (χ1) is 12.7. The normalized spacial score (nSPS) is 15.4. The number of hydrogen-bond donors (Lipinski definition) is 0. The Kier molecular flexibility index (Phi) is 6.36. The molecule has 0 bridgehead atoms. The van der Waals surface area contributed by atoms with Crippen LogP contribution in [0.4, 0.5) is 0 Å². The summed E-state index contributed by atoms with van der Waals surface area (Å²) < 4.78 is 10.7. The smallest absolute Gasteiger partial charge is 0.127 e. The third-order valence-corrected chi connectivity index (χ3v) is 4.87. The predicted octanol–water partition coefficient (Wildman–Crippen LogP) is 3.51. The molecule has 5 nitrogen and oxygen atoms in total. The number of halogens is 1. The maximum Gasteiger partial charge on any atom is 0.127 e. The quantitative estimate of drug-likeness (QED) is 0.726. The maximum atomic E-state index is 6.26. The monoisotopic (exact) mass is 373 g/mol. The van der Waals surface area contributed by atoms with Crippen molar-refractivity contribution in [2.24, 2.45) is 5.10 Å². The molecule has 0 atom stereocenters. The Bertz CT molecular complexity index is 758. The van der Waals surface area contributed by atoms with Crippen LogP contribution < -0.4 is 9.47 Å². The van der Waals surface area contributed by atoms with E-state index < -0.39 is 0 Å². The molecular weight excluding hydrogens is 350 g/mol. The first kappa shape index (κ1) is 18.5. The van der Waals surface area contributed by atoms with Gasteiger partial charge in [0.15, 0.2) is 0 Å². The van der Waals surface area contributed by atoms with Crippen LogP contribution in [-0.2, 0) is 6.54 Å². The van der Waals surface area contributed by atoms with E-state index in [-0.39, 0.29) is 0 Å². The molecular formula is C20H24ClN3O2. The predicted molar refractivity (Wildman–Crippen MR) is 105 cm³/mol. The van der Waals surface area contributed by atoms with Crippen LogP contribution in [0.15, 0.2) is 47.6 Å². The molecule has 0 aliphatic carbocycles. The summed E-state index contributed by atoms with van der Waals surface area (Å²) in [6.45, 7) is 4.55. The summed E-state index contributed by atoms with van der Waals surface area (Å²) in [6, 6.07) is 13.7. The molecule has 0 unspecified atom stereocenters. The molecule has 0 spiro atoms. The summed E-state index contributed by atoms with van der Waals surface area (Å²) in [5.41, 5.74) is 2.08. The molecule has 0 radical (unpaired) electrons. The number of ether oxygens (including phenoxy) is 2. The lowest BCUT2D eigenvalue weighted by Crippen LogP contribution is -2.43. The summed E-state index contributed by atoms with van der Waals surface area (Å²) in [5, 5.41) is 7.53. The summed E-state index contributed by atoms with van der Waals surface area (Å²) in [4.78, 5) is 2.40. The number of methoxy groups -OCH3 is 2. The van der Waals surface area contributed by atoms with Crippen molar-refractivity contribution in [3.63, 3.8) is 0 Å². The molecule has 1 saturated heterocycles. The van der Waals surface area contributed by atoms with Gasteiger partial charge < -0.3 is 9.47 Å². The third-order valence-electron chi connectivity index (χ3n) is 4.50. The fourth-order valence-corrected chi connectivity index (χ4v) is 3.16. The largest absolute Gasteiger partial charge is 0.497 e. The highest BCUT2D eigenvalue weighted by Crippen LogP contribution is 2.22. The Morgan fingerprint density at radius 3 is 2.50 bits per heavy atom. The Hall–Kier alpha value is -2.24. The standard InChI is InChI=1S/C20H24ClN3O2/c1-25-18-7-8-20(26-2)17(13-18)14-22-24-11-9-23(10-12-24)15-16-5-3-4-6-19(16)21/h3-8,13-14H,9-12,15H2,1-2H3/b22-14-. The first-order valence-corrected chi connectivity index (χ1v) is 9.04. The van der Waals surface area contributed by atoms with Crippen molar-refractivity contribution in [1.29, 1.82) is 0 Å². The van der Waals surface area contributed by atoms with Gasteiger partial charge >= 0.3 is 0 Å². The van der Waals surface area contributed by atoms with Gasteiger partial charge in [-0.05, 0) is 29.8 Å². The fourth-order valence-electron chi connectivity index (χ4n) is 2.96. The highest BCUT2D eigenvalue weighted by molar-refractivity contribution is 6.31. The highest BCUT2D eigenvalue weighted by atomic mass is 35.5. The van der Waals surface area contributed by atoms with E-state index in [9.17, 15) is 0 Å². The van der Waals surface area contributed by atoms with Crippen LogP contribution in [0.3, 0.4) is 0 Å². The van der Waals surface area contributed by atoms with Crippen molar-refractivity contribution < 1.29 is 9.47 Å². The molecule has 0 N–H and O–H groups in total. The number of benzene rings is 2. The molecule has 1 fully saturated rings. The number of nitrogens with zero attached hydrogens (tertiary/aromatic N) is 3. The van der Waals surface area contributed by atoms with Crippen molar-refractivity contribution >= 4 is 17.8 Å². The number of piperazine rings is 1. The molecule has 1 heterocycles. The van der Waals surface area contributed by atoms with E-state index in [0.717, 1.165) is 54.8 Å². The maximum absolute atomic E-state index is 6.26. The number of hydrazone groups is 1. The first-order valence-electron chi connectivity index (χ1n) is 8.66. The molecule has 138 valence electrons. The van der Waals surface area contributed by atoms with Gasteiger partial charge in [0.1, 0.15) is 11.5 Å². The van der Waals surface area contributed by atoms with E-state index in [2.05, 4.69) is 21.1 Å². The molecule has 0 amide bonds. The molecule has 0 saturated carbocycles. The van der Waals surface area contributed by atoms with Crippen molar-refractivity contribution in [3.8, 4) is 11.5 Å². The van der Waals surface area contributed by atoms with Gasteiger partial charge in [0, 0.05) is 43.3 Å². The van der Waals surface area contributed by atoms with Crippen molar-refractivity contribution in [2.45, 2.75) is 6.54 Å². The van der Waals surface area contributed by atoms with Gasteiger partial charge in [-0.25, -0.2) is 0 Å². The molecule has 0 aromatic heterocycles. The van der Waals surface area contributed by atoms with Gasteiger partial charge in [-0.15, -0.1) is 0 Å². The number of rotatable bonds is 6. The van der Waals surface area contributed by atoms with Crippen LogP contribution in [0.25, 0.3) is 0 Å². The van der Waals surface area contributed by atoms with Crippen molar-refractivity contribution in [1.82, 2.24) is 9.91 Å². The lowest BCUT2D eigenvalue weighted by atomic mass is 10.2. The SMILES string of the molecule is COc1ccc(OC)c(/C=N\N2CCN(Cc3ccccc3Cl)CC2)c1. The van der Waals surface area contributed by atoms with Gasteiger partial charge in [0.25, 0.3) is 0 Å². The lowest BCUT2D eigenvalue weighted by molar-refractivity contribution is 0.131. The molecule has 1 aliphatic heterocycles. The van der Waals surface area contributed by atoms with Gasteiger partial charge in [0.05, 0.1) is 20.4 Å². The van der Waals surface area contributed by atoms with E-state index >= 15 is 0 Å². The topological polar surface area (TPSA) is 37.3 Å². The van der Waals surface area contributed by atoms with Crippen LogP contribution >= 0.6 is 11.6 Å². The summed E-state index contributed by atoms with van der Waals surface area (Å²) >= 11 is 6.26. The van der Waals surface area contributed by atoms with Crippen LogP contribution in [0.1, 0.15) is 11.1 Å². The second-order valence-corrected chi connectivity index (χ2v) is 6.58. The summed E-state index contributed by atoms with van der Waals surface area (Å²) in [5.74, 6) is 1.57. The molecule has 1 aliphatic rings. The highest BCUT2D eigenvalue weighted by Gasteiger charge is 2.16. The van der Waals surface area contributed by atoms with Crippen molar-refractivity contribution in [3.05, 3.63) is 58.6 Å². The summed E-state index contributed by atoms with van der Waals surface area (Å²) in [6.07, 6.45) is 1.84. The van der Waals surface area contributed by atoms with E-state index in [1.165, 1.54) is 5.56 Å². The minimum absolute atomic E-state index is 0.784. The van der Waals surface area contributed by atoms with Crippen LogP contribution in [-0.4, -0.2) is 56.5 Å². The second kappa shape index (κ2) is 8.92. The zero-order valence-corrected chi connectivity index (χ0v) is 15.9. The Balaban J connectivity index is 1.57. The molecule has 2 aromatic rings. The van der Waals surface area contributed by atoms with Gasteiger partial charge in [-0.3, -0.25) is 9.91 Å². The van der Waals surface area contributed by atoms with Gasteiger partial charge in [0.2, 0.25) is 0 Å². The van der Waals surface area contributed by atoms with Crippen LogP contribution in [0.2, 0.25) is 5.02 Å². The second-order valence-electron chi connectivity index (χ2n) is 6.17. The summed E-state index contributed by atoms with van der Waals surface area (Å²) in [7, 11) is 3.31. The zero-order chi connectivity index (χ0) is 18.4. The van der Waals surface area contributed by atoms with E-state index in [1.54, 1.807) is 14.2 Å². The van der Waals surface area contributed by atoms with E-state index in [0.29, 0.717) is 0 Å². The zero-order valence-electron chi connectivity index (χ0n) is 15.2. The van der Waals surface area contributed by atoms with Gasteiger partial charge in [-0.1, -0.05) is 29.8 Å². The Morgan fingerprint density at radius 1 is 1.04 bits per heavy atom. The van der Waals surface area contributed by atoms with Crippen LogP contribution in [0, 0.1) is 0 Å². The minimum atomic E-state index is 0.784. The van der Waals surface area contributed by atoms with E-state index in [4.69, 9.17) is 21.1 Å². The third kappa shape index (κ3) is 4.68. The van der Waals surface area contributed by atoms with Crippen LogP contribution in [0.5, 0.6) is 11.5 Å². The molecule has 6 heteroatoms. The van der Waals surface area contributed by atoms with Crippen molar-refractivity contribution in [2.75, 3.05) is 40.4 Å². The molecule has 26 heavy (non-hydrogen) atoms. The average molecular weight is 374 g/mol. The van der Waals surface area contributed by atoms with Gasteiger partial charge in [-0.2, -0.15) is 5.10 Å². The number of hydrogen-bond acceptors (Lipinski definition) is 5. The Morgan fingerprint density at radius 2 is 1.81 bits per heavy atom. The average Bonchev–Trinajstić information content (AvgIpc) is 2.69. The van der Waals surface area contributed by atoms with E-state index in [1.807, 2.05) is 42.6 Å². The Labute approximate surface area is 159 Å².